The van der Waals surface area contributed by atoms with E-state index in [1.54, 1.807) is 19.1 Å². The SMILES string of the molecule is CC(=O)N1CCN(c2ccc(CCc3ccc(CN(N)C(=O)O)cc3F)nc2)CC1.Cl.Cl.Cl. The highest BCUT2D eigenvalue weighted by Crippen LogP contribution is 2.18. The molecular weight excluding hydrogens is 496 g/mol. The normalized spacial score (nSPS) is 12.7. The smallest absolute Gasteiger partial charge is 0.421 e. The monoisotopic (exact) mass is 523 g/mol. The van der Waals surface area contributed by atoms with Gasteiger partial charge in [0.15, 0.2) is 0 Å². The number of pyridine rings is 1. The number of nitrogens with zero attached hydrogens (tertiary/aromatic N) is 4. The van der Waals surface area contributed by atoms with Gasteiger partial charge in [-0.25, -0.2) is 20.0 Å². The molecule has 2 heterocycles. The lowest BCUT2D eigenvalue weighted by Crippen LogP contribution is -2.48. The maximum absolute atomic E-state index is 14.3. The van der Waals surface area contributed by atoms with Crippen LogP contribution < -0.4 is 10.7 Å². The Morgan fingerprint density at radius 2 is 1.76 bits per heavy atom. The van der Waals surface area contributed by atoms with Crippen LogP contribution in [-0.4, -0.2) is 58.2 Å². The molecule has 0 bridgehead atoms. The molecule has 2 aromatic rings. The third kappa shape index (κ3) is 8.51. The minimum absolute atomic E-state index is 0. The first-order valence-electron chi connectivity index (χ1n) is 9.81. The van der Waals surface area contributed by atoms with E-state index in [2.05, 4.69) is 9.88 Å². The van der Waals surface area contributed by atoms with Crippen LogP contribution in [-0.2, 0) is 24.2 Å². The number of hydrogen-bond donors (Lipinski definition) is 2. The van der Waals surface area contributed by atoms with E-state index in [-0.39, 0.29) is 55.5 Å². The fraction of sp³-hybridized carbons (Fsp3) is 0.381. The maximum Gasteiger partial charge on any atom is 0.421 e. The van der Waals surface area contributed by atoms with Gasteiger partial charge in [-0.2, -0.15) is 0 Å². The van der Waals surface area contributed by atoms with Crippen LogP contribution in [0.3, 0.4) is 0 Å². The van der Waals surface area contributed by atoms with E-state index in [1.807, 2.05) is 23.2 Å². The minimum atomic E-state index is -1.27. The first kappa shape index (κ1) is 30.7. The number of rotatable bonds is 6. The van der Waals surface area contributed by atoms with Crippen LogP contribution in [0.15, 0.2) is 36.5 Å². The second-order valence-corrected chi connectivity index (χ2v) is 7.34. The molecule has 12 heteroatoms. The Labute approximate surface area is 211 Å². The van der Waals surface area contributed by atoms with E-state index in [9.17, 15) is 14.0 Å². The lowest BCUT2D eigenvalue weighted by Gasteiger charge is -2.35. The lowest BCUT2D eigenvalue weighted by molar-refractivity contribution is -0.129. The highest BCUT2D eigenvalue weighted by Gasteiger charge is 2.19. The molecule has 3 N–H and O–H groups in total. The van der Waals surface area contributed by atoms with Gasteiger partial charge in [-0.05, 0) is 42.2 Å². The number of nitrogens with two attached hydrogens (primary N) is 1. The highest BCUT2D eigenvalue weighted by atomic mass is 35.5. The molecular formula is C21H29Cl3FN5O3. The number of carbonyl (C=O) groups is 2. The molecule has 184 valence electrons. The summed E-state index contributed by atoms with van der Waals surface area (Å²) in [7, 11) is 0. The molecule has 0 spiro atoms. The minimum Gasteiger partial charge on any atom is -0.464 e. The molecule has 0 unspecified atom stereocenters. The van der Waals surface area contributed by atoms with Crippen LogP contribution in [0.5, 0.6) is 0 Å². The predicted molar refractivity (Wildman–Crippen MR) is 132 cm³/mol. The number of hydrogen-bond acceptors (Lipinski definition) is 5. The van der Waals surface area contributed by atoms with Crippen LogP contribution in [0.4, 0.5) is 14.9 Å². The quantitative estimate of drug-likeness (QED) is 0.341. The van der Waals surface area contributed by atoms with Crippen molar-refractivity contribution in [3.63, 3.8) is 0 Å². The molecule has 0 saturated carbocycles. The number of halogens is 4. The van der Waals surface area contributed by atoms with Crippen LogP contribution in [0.25, 0.3) is 0 Å². The van der Waals surface area contributed by atoms with Crippen molar-refractivity contribution in [2.24, 2.45) is 5.84 Å². The molecule has 33 heavy (non-hydrogen) atoms. The molecule has 3 rings (SSSR count). The number of piperazine rings is 1. The molecule has 1 aromatic carbocycles. The Balaban J connectivity index is 0.00000341. The number of aryl methyl sites for hydroxylation is 2. The van der Waals surface area contributed by atoms with Gasteiger partial charge in [-0.15, -0.1) is 37.2 Å². The first-order chi connectivity index (χ1) is 14.3. The van der Waals surface area contributed by atoms with E-state index in [0.29, 0.717) is 42.1 Å². The van der Waals surface area contributed by atoms with E-state index >= 15 is 0 Å². The van der Waals surface area contributed by atoms with Crippen molar-refractivity contribution < 1.29 is 19.1 Å². The lowest BCUT2D eigenvalue weighted by atomic mass is 10.0. The fourth-order valence-corrected chi connectivity index (χ4v) is 3.45. The van der Waals surface area contributed by atoms with E-state index in [4.69, 9.17) is 10.9 Å². The summed E-state index contributed by atoms with van der Waals surface area (Å²) in [5.41, 5.74) is 2.92. The highest BCUT2D eigenvalue weighted by molar-refractivity contribution is 5.86. The summed E-state index contributed by atoms with van der Waals surface area (Å²) < 4.78 is 14.3. The van der Waals surface area contributed by atoms with Gasteiger partial charge in [0.05, 0.1) is 18.4 Å². The van der Waals surface area contributed by atoms with Gasteiger partial charge in [-0.3, -0.25) is 9.78 Å². The van der Waals surface area contributed by atoms with Crippen molar-refractivity contribution in [2.45, 2.75) is 26.3 Å². The number of anilines is 1. The molecule has 2 amide bonds. The molecule has 1 aliphatic rings. The maximum atomic E-state index is 14.3. The third-order valence-corrected chi connectivity index (χ3v) is 5.27. The topological polar surface area (TPSA) is 103 Å². The number of aromatic nitrogens is 1. The Kier molecular flexibility index (Phi) is 13.1. The second-order valence-electron chi connectivity index (χ2n) is 7.34. The van der Waals surface area contributed by atoms with Crippen molar-refractivity contribution in [1.29, 1.82) is 0 Å². The number of amides is 2. The first-order valence-corrected chi connectivity index (χ1v) is 9.81. The molecule has 0 radical (unpaired) electrons. The van der Waals surface area contributed by atoms with Crippen LogP contribution in [0, 0.1) is 5.82 Å². The summed E-state index contributed by atoms with van der Waals surface area (Å²) in [6, 6.07) is 8.60. The van der Waals surface area contributed by atoms with Gasteiger partial charge in [0.1, 0.15) is 5.82 Å². The number of carbonyl (C=O) groups excluding carboxylic acids is 1. The zero-order valence-corrected chi connectivity index (χ0v) is 20.6. The molecule has 0 atom stereocenters. The van der Waals surface area contributed by atoms with E-state index in [0.717, 1.165) is 24.5 Å². The Hall–Kier alpha value is -2.33. The summed E-state index contributed by atoms with van der Waals surface area (Å²) in [6.07, 6.45) is 1.63. The standard InChI is InChI=1S/C21H26FN5O3.3ClH/c1-15(28)25-8-10-26(11-9-25)19-7-6-18(24-13-19)5-4-17-3-2-16(12-20(17)22)14-27(23)21(29)30;;;/h2-3,6-7,12-13H,4-5,8-11,14,23H2,1H3,(H,29,30);3*1H. The Bertz CT molecular complexity index is 913. The van der Waals surface area contributed by atoms with Gasteiger partial charge in [-0.1, -0.05) is 12.1 Å². The van der Waals surface area contributed by atoms with Crippen LogP contribution in [0.1, 0.15) is 23.7 Å². The molecule has 8 nitrogen and oxygen atoms in total. The molecule has 1 saturated heterocycles. The van der Waals surface area contributed by atoms with Gasteiger partial charge >= 0.3 is 6.09 Å². The zero-order valence-electron chi connectivity index (χ0n) is 18.1. The summed E-state index contributed by atoms with van der Waals surface area (Å²) in [5.74, 6) is 5.06. The Morgan fingerprint density at radius 3 is 2.27 bits per heavy atom. The largest absolute Gasteiger partial charge is 0.464 e. The van der Waals surface area contributed by atoms with Gasteiger partial charge in [0, 0.05) is 38.8 Å². The van der Waals surface area contributed by atoms with Crippen molar-refractivity contribution in [2.75, 3.05) is 31.1 Å². The molecule has 0 aliphatic carbocycles. The summed E-state index contributed by atoms with van der Waals surface area (Å²) in [5, 5.41) is 9.41. The van der Waals surface area contributed by atoms with Crippen molar-refractivity contribution in [1.82, 2.24) is 14.9 Å². The van der Waals surface area contributed by atoms with Crippen molar-refractivity contribution in [3.8, 4) is 0 Å². The third-order valence-electron chi connectivity index (χ3n) is 5.27. The number of carboxylic acid groups (broad SMARTS) is 1. The van der Waals surface area contributed by atoms with Crippen LogP contribution in [0.2, 0.25) is 0 Å². The van der Waals surface area contributed by atoms with Gasteiger partial charge < -0.3 is 14.9 Å². The summed E-state index contributed by atoms with van der Waals surface area (Å²) >= 11 is 0. The molecule has 1 aromatic heterocycles. The predicted octanol–water partition coefficient (Wildman–Crippen LogP) is 3.29. The zero-order chi connectivity index (χ0) is 21.7. The molecule has 1 fully saturated rings. The summed E-state index contributed by atoms with van der Waals surface area (Å²) in [6.45, 7) is 4.49. The van der Waals surface area contributed by atoms with E-state index in [1.165, 1.54) is 6.07 Å². The van der Waals surface area contributed by atoms with Crippen molar-refractivity contribution in [3.05, 3.63) is 59.2 Å². The fourth-order valence-electron chi connectivity index (χ4n) is 3.45. The number of benzene rings is 1. The van der Waals surface area contributed by atoms with E-state index < -0.39 is 6.09 Å². The van der Waals surface area contributed by atoms with Gasteiger partial charge in [0.2, 0.25) is 5.91 Å². The number of hydrazine groups is 1. The Morgan fingerprint density at radius 1 is 1.09 bits per heavy atom. The molecule has 1 aliphatic heterocycles. The van der Waals surface area contributed by atoms with Crippen molar-refractivity contribution >= 4 is 54.9 Å². The summed E-state index contributed by atoms with van der Waals surface area (Å²) in [4.78, 5) is 30.7. The van der Waals surface area contributed by atoms with Gasteiger partial charge in [0.25, 0.3) is 0 Å². The average Bonchev–Trinajstić information content (AvgIpc) is 2.73. The average molecular weight is 525 g/mol. The second kappa shape index (κ2) is 14.0. The van der Waals surface area contributed by atoms with Crippen LogP contribution >= 0.6 is 37.2 Å².